The van der Waals surface area contributed by atoms with Crippen LogP contribution < -0.4 is 0 Å². The molecule has 21 heavy (non-hydrogen) atoms. The summed E-state index contributed by atoms with van der Waals surface area (Å²) in [5.74, 6) is 0.241. The molecule has 0 fully saturated rings. The van der Waals surface area contributed by atoms with Gasteiger partial charge in [0.15, 0.2) is 5.03 Å². The number of nitrogens with zero attached hydrogens (tertiary/aromatic N) is 4. The standard InChI is InChI=1S/C12H26N4O2P2S/c1-10(2)11-9-12(13-15(11)8-7-14(3)4)21(17,18)16(19-5)20-6/h9-10,19-20H,7-8H2,1-6H3. The van der Waals surface area contributed by atoms with Gasteiger partial charge in [-0.1, -0.05) is 13.8 Å². The number of hydrogen-bond donors (Lipinski definition) is 0. The first kappa shape index (κ1) is 19.0. The van der Waals surface area contributed by atoms with Crippen LogP contribution in [0.3, 0.4) is 0 Å². The molecule has 6 nitrogen and oxygen atoms in total. The van der Waals surface area contributed by atoms with Gasteiger partial charge >= 0.3 is 0 Å². The first-order chi connectivity index (χ1) is 9.73. The van der Waals surface area contributed by atoms with Gasteiger partial charge in [0, 0.05) is 18.3 Å². The lowest BCUT2D eigenvalue weighted by Crippen LogP contribution is -2.21. The van der Waals surface area contributed by atoms with Crippen molar-refractivity contribution in [3.63, 3.8) is 0 Å². The fraction of sp³-hybridized carbons (Fsp3) is 0.750. The molecule has 0 radical (unpaired) electrons. The lowest BCUT2D eigenvalue weighted by atomic mass is 10.1. The van der Waals surface area contributed by atoms with E-state index in [1.165, 1.54) is 3.85 Å². The molecule has 1 heterocycles. The highest BCUT2D eigenvalue weighted by Gasteiger charge is 2.27. The number of sulfonamides is 1. The SMILES string of the molecule is CPN(PC)S(=O)(=O)c1cc(C(C)C)n(CCN(C)C)n1. The first-order valence-corrected chi connectivity index (χ1v) is 11.2. The Morgan fingerprint density at radius 2 is 1.86 bits per heavy atom. The van der Waals surface area contributed by atoms with Crippen LogP contribution in [0.25, 0.3) is 0 Å². The number of aromatic nitrogens is 2. The molecular formula is C12H26N4O2P2S. The molecule has 0 saturated heterocycles. The predicted molar refractivity (Wildman–Crippen MR) is 92.4 cm³/mol. The van der Waals surface area contributed by atoms with E-state index in [1.54, 1.807) is 6.07 Å². The van der Waals surface area contributed by atoms with Crippen molar-refractivity contribution in [1.82, 2.24) is 18.5 Å². The highest BCUT2D eigenvalue weighted by atomic mass is 32.2. The lowest BCUT2D eigenvalue weighted by Gasteiger charge is -2.16. The van der Waals surface area contributed by atoms with Gasteiger partial charge in [0.05, 0.1) is 6.54 Å². The maximum absolute atomic E-state index is 12.6. The Morgan fingerprint density at radius 3 is 2.29 bits per heavy atom. The number of likely N-dealkylation sites (N-methyl/N-ethyl adjacent to an activating group) is 1. The lowest BCUT2D eigenvalue weighted by molar-refractivity contribution is 0.366. The summed E-state index contributed by atoms with van der Waals surface area (Å²) in [4.78, 5) is 2.06. The largest absolute Gasteiger partial charge is 0.308 e. The normalized spacial score (nSPS) is 14.0. The van der Waals surface area contributed by atoms with Crippen LogP contribution in [-0.4, -0.2) is 60.9 Å². The van der Waals surface area contributed by atoms with Crippen molar-refractivity contribution in [3.8, 4) is 0 Å². The minimum absolute atomic E-state index is 0.175. The fourth-order valence-corrected chi connectivity index (χ4v) is 5.95. The van der Waals surface area contributed by atoms with Gasteiger partial charge in [-0.15, -0.1) is 0 Å². The summed E-state index contributed by atoms with van der Waals surface area (Å²) in [6.07, 6.45) is 0. The molecule has 9 heteroatoms. The van der Waals surface area contributed by atoms with Crippen LogP contribution in [0.15, 0.2) is 11.1 Å². The van der Waals surface area contributed by atoms with E-state index < -0.39 is 10.0 Å². The van der Waals surface area contributed by atoms with Crippen LogP contribution in [0.1, 0.15) is 25.5 Å². The molecule has 0 spiro atoms. The van der Waals surface area contributed by atoms with Gasteiger partial charge in [-0.3, -0.25) is 4.68 Å². The van der Waals surface area contributed by atoms with Gasteiger partial charge < -0.3 is 4.90 Å². The monoisotopic (exact) mass is 352 g/mol. The summed E-state index contributed by atoms with van der Waals surface area (Å²) >= 11 is 0. The highest BCUT2D eigenvalue weighted by Crippen LogP contribution is 2.35. The van der Waals surface area contributed by atoms with Crippen LogP contribution in [0.5, 0.6) is 0 Å². The second-order valence-electron chi connectivity index (χ2n) is 5.31. The third-order valence-corrected chi connectivity index (χ3v) is 8.95. The van der Waals surface area contributed by atoms with Crippen molar-refractivity contribution in [1.29, 1.82) is 0 Å². The molecular weight excluding hydrogens is 326 g/mol. The van der Waals surface area contributed by atoms with E-state index in [0.717, 1.165) is 12.2 Å². The summed E-state index contributed by atoms with van der Waals surface area (Å²) in [6, 6.07) is 1.73. The Labute approximate surface area is 132 Å². The summed E-state index contributed by atoms with van der Waals surface area (Å²) in [5, 5.41) is 4.54. The Hall–Kier alpha value is -0.0600. The molecule has 0 aliphatic carbocycles. The van der Waals surface area contributed by atoms with E-state index in [2.05, 4.69) is 23.8 Å². The van der Waals surface area contributed by atoms with E-state index in [1.807, 2.05) is 32.1 Å². The minimum Gasteiger partial charge on any atom is -0.308 e. The first-order valence-electron chi connectivity index (χ1n) is 6.86. The maximum atomic E-state index is 12.6. The predicted octanol–water partition coefficient (Wildman–Crippen LogP) is 2.01. The Bertz CT molecular complexity index is 554. The van der Waals surface area contributed by atoms with Crippen LogP contribution in [0, 0.1) is 0 Å². The zero-order chi connectivity index (χ0) is 16.2. The molecule has 0 N–H and O–H groups in total. The highest BCUT2D eigenvalue weighted by molar-refractivity contribution is 7.97. The molecule has 1 aromatic heterocycles. The molecule has 0 aliphatic heterocycles. The molecule has 0 amide bonds. The fourth-order valence-electron chi connectivity index (χ4n) is 1.92. The van der Waals surface area contributed by atoms with E-state index >= 15 is 0 Å². The average Bonchev–Trinajstić information content (AvgIpc) is 2.82. The minimum atomic E-state index is -3.46. The summed E-state index contributed by atoms with van der Waals surface area (Å²) < 4.78 is 28.5. The van der Waals surface area contributed by atoms with Gasteiger partial charge in [-0.2, -0.15) is 8.94 Å². The van der Waals surface area contributed by atoms with Crippen LogP contribution >= 0.6 is 17.5 Å². The number of rotatable bonds is 8. The van der Waals surface area contributed by atoms with Gasteiger partial charge in [0.25, 0.3) is 10.0 Å². The van der Waals surface area contributed by atoms with Crippen molar-refractivity contribution in [2.75, 3.05) is 34.0 Å². The molecule has 122 valence electrons. The summed E-state index contributed by atoms with van der Waals surface area (Å²) in [6.45, 7) is 9.39. The quantitative estimate of drug-likeness (QED) is 0.672. The van der Waals surface area contributed by atoms with Crippen LogP contribution in [0.4, 0.5) is 0 Å². The summed E-state index contributed by atoms with van der Waals surface area (Å²) in [7, 11) is 0.973. The van der Waals surface area contributed by atoms with Gasteiger partial charge in [-0.05, 0) is 50.8 Å². The Morgan fingerprint density at radius 1 is 1.29 bits per heavy atom. The molecule has 0 saturated carbocycles. The smallest absolute Gasteiger partial charge is 0.268 e. The molecule has 1 aromatic rings. The maximum Gasteiger partial charge on any atom is 0.268 e. The van der Waals surface area contributed by atoms with Crippen molar-refractivity contribution < 1.29 is 8.42 Å². The second kappa shape index (κ2) is 7.98. The van der Waals surface area contributed by atoms with E-state index in [9.17, 15) is 8.42 Å². The topological polar surface area (TPSA) is 58.4 Å². The molecule has 2 atom stereocenters. The van der Waals surface area contributed by atoms with Gasteiger partial charge in [0.2, 0.25) is 0 Å². The zero-order valence-corrected chi connectivity index (χ0v) is 16.4. The molecule has 0 aromatic carbocycles. The van der Waals surface area contributed by atoms with E-state index in [0.29, 0.717) is 6.54 Å². The van der Waals surface area contributed by atoms with Crippen molar-refractivity contribution in [2.45, 2.75) is 31.3 Å². The summed E-state index contributed by atoms with van der Waals surface area (Å²) in [5.41, 5.74) is 0.967. The molecule has 0 bridgehead atoms. The third kappa shape index (κ3) is 4.70. The second-order valence-corrected chi connectivity index (χ2v) is 9.92. The van der Waals surface area contributed by atoms with Crippen molar-refractivity contribution >= 4 is 27.5 Å². The molecule has 2 unspecified atom stereocenters. The van der Waals surface area contributed by atoms with Crippen LogP contribution in [-0.2, 0) is 16.6 Å². The Balaban J connectivity index is 3.18. The third-order valence-electron chi connectivity index (χ3n) is 3.05. The number of hydrogen-bond acceptors (Lipinski definition) is 4. The van der Waals surface area contributed by atoms with E-state index in [-0.39, 0.29) is 28.4 Å². The zero-order valence-electron chi connectivity index (χ0n) is 13.6. The van der Waals surface area contributed by atoms with Crippen molar-refractivity contribution in [2.24, 2.45) is 0 Å². The molecule has 1 rings (SSSR count). The van der Waals surface area contributed by atoms with Gasteiger partial charge in [0.1, 0.15) is 0 Å². The van der Waals surface area contributed by atoms with Crippen molar-refractivity contribution in [3.05, 3.63) is 11.8 Å². The van der Waals surface area contributed by atoms with Crippen LogP contribution in [0.2, 0.25) is 0 Å². The Kier molecular flexibility index (Phi) is 7.21. The van der Waals surface area contributed by atoms with E-state index in [4.69, 9.17) is 0 Å². The molecule has 0 aliphatic rings. The van der Waals surface area contributed by atoms with Gasteiger partial charge in [-0.25, -0.2) is 8.42 Å². The average molecular weight is 352 g/mol.